The van der Waals surface area contributed by atoms with Crippen molar-refractivity contribution in [2.24, 2.45) is 34.2 Å². The number of thiol groups is 1. The van der Waals surface area contributed by atoms with Gasteiger partial charge in [-0.25, -0.2) is 14.8 Å². The number of nitrogens with two attached hydrogens (primary N) is 3. The maximum Gasteiger partial charge on any atom is 0.326 e. The van der Waals surface area contributed by atoms with Gasteiger partial charge in [-0.15, -0.1) is 0 Å². The van der Waals surface area contributed by atoms with E-state index in [2.05, 4.69) is 58.8 Å². The number of aromatic nitrogens is 4. The lowest BCUT2D eigenvalue weighted by Crippen LogP contribution is -2.48. The summed E-state index contributed by atoms with van der Waals surface area (Å²) in [5.41, 5.74) is 16.6. The normalized spacial score (nSPS) is 13.4. The molecule has 0 fully saturated rings. The highest BCUT2D eigenvalue weighted by Crippen LogP contribution is 2.20. The van der Waals surface area contributed by atoms with Crippen LogP contribution in [-0.4, -0.2) is 147 Å². The number of amides is 3. The average Bonchev–Trinajstić information content (AvgIpc) is 3.30. The van der Waals surface area contributed by atoms with Crippen molar-refractivity contribution >= 4 is 106 Å². The SMILES string of the molecule is NC(N)=NCCC[C@H](NC(=O)[C@H](CC(=O)O)CC(=O)CC[C@H](NC(=O)c1ccc(NCc2cnc3nc(N)[nH]c(=O)c3n2)cc1)C(=O)O)C(=O)C[C@@H](CC(=O)O)C(=O)N[C@@H](CC(=O)O)C(=O)C[C@H](CS)C(=O)O. The summed E-state index contributed by atoms with van der Waals surface area (Å²) in [6.07, 6.45) is -5.64. The fourth-order valence-electron chi connectivity index (χ4n) is 6.92. The number of carbonyl (C=O) groups is 11. The molecule has 73 heavy (non-hydrogen) atoms. The van der Waals surface area contributed by atoms with Crippen LogP contribution in [0.4, 0.5) is 11.6 Å². The Balaban J connectivity index is 1.71. The van der Waals surface area contributed by atoms with E-state index < -0.39 is 158 Å². The number of carbonyl (C=O) groups excluding carboxylic acids is 6. The Morgan fingerprint density at radius 1 is 0.685 bits per heavy atom. The number of guanidine groups is 1. The van der Waals surface area contributed by atoms with E-state index in [-0.39, 0.29) is 60.3 Å². The van der Waals surface area contributed by atoms with Crippen molar-refractivity contribution in [1.82, 2.24) is 35.9 Å². The molecule has 0 spiro atoms. The predicted molar refractivity (Wildman–Crippen MR) is 256 cm³/mol. The number of aliphatic imine (C=N–C) groups is 1. The van der Waals surface area contributed by atoms with Crippen LogP contribution in [-0.2, 0) is 54.5 Å². The molecule has 0 aliphatic heterocycles. The summed E-state index contributed by atoms with van der Waals surface area (Å²) in [5, 5.41) is 57.6. The van der Waals surface area contributed by atoms with Crippen molar-refractivity contribution in [3.63, 3.8) is 0 Å². The van der Waals surface area contributed by atoms with Gasteiger partial charge in [0.05, 0.1) is 67.5 Å². The molecule has 30 heteroatoms. The van der Waals surface area contributed by atoms with Gasteiger partial charge in [-0.2, -0.15) is 17.6 Å². The highest BCUT2D eigenvalue weighted by Gasteiger charge is 2.35. The van der Waals surface area contributed by atoms with E-state index in [9.17, 15) is 83.1 Å². The van der Waals surface area contributed by atoms with E-state index in [0.29, 0.717) is 11.4 Å². The zero-order valence-corrected chi connectivity index (χ0v) is 39.5. The number of anilines is 2. The van der Waals surface area contributed by atoms with Crippen LogP contribution in [0.1, 0.15) is 80.3 Å². The number of ketones is 3. The van der Waals surface area contributed by atoms with Crippen molar-refractivity contribution in [2.75, 3.05) is 23.3 Å². The van der Waals surface area contributed by atoms with Gasteiger partial charge in [0.15, 0.2) is 28.7 Å². The number of hydrogen-bond donors (Lipinski definition) is 14. The maximum absolute atomic E-state index is 13.8. The van der Waals surface area contributed by atoms with Crippen LogP contribution in [0.15, 0.2) is 40.2 Å². The fourth-order valence-corrected chi connectivity index (χ4v) is 7.21. The van der Waals surface area contributed by atoms with Gasteiger partial charge in [-0.1, -0.05) is 0 Å². The summed E-state index contributed by atoms with van der Waals surface area (Å²) in [7, 11) is 0. The molecule has 0 radical (unpaired) electrons. The second-order valence-electron chi connectivity index (χ2n) is 16.4. The van der Waals surface area contributed by atoms with Gasteiger partial charge in [0.1, 0.15) is 11.8 Å². The number of carboxylic acids is 5. The third-order valence-electron chi connectivity index (χ3n) is 10.7. The molecule has 0 aliphatic carbocycles. The molecule has 0 saturated carbocycles. The van der Waals surface area contributed by atoms with E-state index in [1.165, 1.54) is 30.5 Å². The standard InChI is InChI=1S/C43H54N12O17S/c44-42(45)47-9-1-2-26(29(57)11-21(14-32(61)62)38(67)53-28(15-33(63)64)30(58)12-22(18-73)40(69)70)51-37(66)20(13-31(59)60)10-25(56)7-8-27(41(71)72)52-36(65)19-3-5-23(6-4-19)48-16-24-17-49-35-34(50-24)39(68)55-43(46)54-35/h3-6,17,20-22,26-28,48,73H,1-2,7-16,18H2,(H,51,66)(H,52,65)(H,53,67)(H,59,60)(H,61,62)(H,63,64)(H,69,70)(H,71,72)(H4,44,45,47)(H3,46,49,54,55,68)/t20-,21-,22+,26-,27-,28-/m0/s1. The minimum atomic E-state index is -1.85. The molecule has 0 saturated heterocycles. The van der Waals surface area contributed by atoms with Crippen molar-refractivity contribution in [3.8, 4) is 0 Å². The first kappa shape index (κ1) is 58.7. The van der Waals surface area contributed by atoms with Crippen LogP contribution >= 0.6 is 12.6 Å². The number of nitrogens with one attached hydrogen (secondary N) is 5. The Labute approximate surface area is 418 Å². The second kappa shape index (κ2) is 28.3. The van der Waals surface area contributed by atoms with Crippen LogP contribution in [0.2, 0.25) is 0 Å². The number of fused-ring (bicyclic) bond motifs is 1. The van der Waals surface area contributed by atoms with Crippen molar-refractivity contribution in [1.29, 1.82) is 0 Å². The van der Waals surface area contributed by atoms with Crippen LogP contribution < -0.4 is 44.0 Å². The van der Waals surface area contributed by atoms with Gasteiger partial charge in [-0.05, 0) is 43.5 Å². The minimum absolute atomic E-state index is 0.0207. The lowest BCUT2D eigenvalue weighted by Gasteiger charge is -2.24. The number of nitrogen functional groups attached to an aromatic ring is 1. The Hall–Kier alpha value is -8.57. The average molecular weight is 1040 g/mol. The summed E-state index contributed by atoms with van der Waals surface area (Å²) in [5.74, 6) is -19.6. The topological polar surface area (TPSA) is 499 Å². The van der Waals surface area contributed by atoms with Crippen LogP contribution in [0.25, 0.3) is 11.2 Å². The summed E-state index contributed by atoms with van der Waals surface area (Å²) in [6, 6.07) is 0.620. The molecule has 1 aromatic carbocycles. The van der Waals surface area contributed by atoms with Crippen molar-refractivity contribution in [3.05, 3.63) is 52.1 Å². The van der Waals surface area contributed by atoms with E-state index in [0.717, 1.165) is 0 Å². The summed E-state index contributed by atoms with van der Waals surface area (Å²) in [4.78, 5) is 170. The third kappa shape index (κ3) is 20.0. The van der Waals surface area contributed by atoms with Crippen LogP contribution in [0.3, 0.4) is 0 Å². The minimum Gasteiger partial charge on any atom is -0.481 e. The number of benzene rings is 1. The Morgan fingerprint density at radius 2 is 1.26 bits per heavy atom. The molecule has 3 rings (SSSR count). The maximum atomic E-state index is 13.8. The zero-order chi connectivity index (χ0) is 54.5. The molecule has 3 amide bonds. The number of aliphatic carboxylic acids is 5. The summed E-state index contributed by atoms with van der Waals surface area (Å²) < 4.78 is 0. The molecule has 394 valence electrons. The number of hydrogen-bond acceptors (Lipinski definition) is 19. The molecule has 0 unspecified atom stereocenters. The molecule has 3 aromatic rings. The first-order valence-electron chi connectivity index (χ1n) is 22.0. The van der Waals surface area contributed by atoms with Crippen molar-refractivity contribution < 1.29 is 78.3 Å². The first-order valence-corrected chi connectivity index (χ1v) is 22.6. The van der Waals surface area contributed by atoms with Gasteiger partial charge < -0.3 is 64.0 Å². The van der Waals surface area contributed by atoms with Gasteiger partial charge in [0.25, 0.3) is 11.5 Å². The van der Waals surface area contributed by atoms with E-state index in [1.54, 1.807) is 0 Å². The number of nitrogens with zero attached hydrogens (tertiary/aromatic N) is 4. The molecular formula is C43H54N12O17S. The molecule has 16 N–H and O–H groups in total. The number of aromatic amines is 1. The molecule has 0 aliphatic rings. The van der Waals surface area contributed by atoms with Crippen LogP contribution in [0, 0.1) is 17.8 Å². The summed E-state index contributed by atoms with van der Waals surface area (Å²) in [6.45, 7) is -0.0205. The summed E-state index contributed by atoms with van der Waals surface area (Å²) >= 11 is 3.86. The highest BCUT2D eigenvalue weighted by molar-refractivity contribution is 7.80. The zero-order valence-electron chi connectivity index (χ0n) is 38.6. The van der Waals surface area contributed by atoms with Crippen molar-refractivity contribution in [2.45, 2.75) is 88.9 Å². The molecule has 29 nitrogen and oxygen atoms in total. The third-order valence-corrected chi connectivity index (χ3v) is 11.1. The van der Waals surface area contributed by atoms with Gasteiger partial charge >= 0.3 is 29.8 Å². The second-order valence-corrected chi connectivity index (χ2v) is 16.7. The quantitative estimate of drug-likeness (QED) is 0.0137. The first-order chi connectivity index (χ1) is 34.4. The smallest absolute Gasteiger partial charge is 0.326 e. The van der Waals surface area contributed by atoms with E-state index in [4.69, 9.17) is 17.2 Å². The van der Waals surface area contributed by atoms with Gasteiger partial charge in [0.2, 0.25) is 17.8 Å². The van der Waals surface area contributed by atoms with Crippen LogP contribution in [0.5, 0.6) is 0 Å². The Kier molecular flexibility index (Phi) is 22.8. The van der Waals surface area contributed by atoms with E-state index >= 15 is 0 Å². The van der Waals surface area contributed by atoms with E-state index in [1.807, 2.05) is 0 Å². The molecule has 2 aromatic heterocycles. The predicted octanol–water partition coefficient (Wildman–Crippen LogP) is -1.94. The molecular weight excluding hydrogens is 989 g/mol. The molecule has 0 bridgehead atoms. The fraction of sp³-hybridized carbons (Fsp3) is 0.442. The monoisotopic (exact) mass is 1040 g/mol. The highest BCUT2D eigenvalue weighted by atomic mass is 32.1. The van der Waals surface area contributed by atoms with Gasteiger partial charge in [-0.3, -0.25) is 62.7 Å². The molecule has 2 heterocycles. The number of H-pyrrole nitrogens is 1. The lowest BCUT2D eigenvalue weighted by molar-refractivity contribution is -0.145. The number of carboxylic acid groups (broad SMARTS) is 5. The Morgan fingerprint density at radius 3 is 1.82 bits per heavy atom. The lowest BCUT2D eigenvalue weighted by atomic mass is 9.90. The molecule has 6 atom stereocenters. The Bertz CT molecular complexity index is 2660. The largest absolute Gasteiger partial charge is 0.481 e. The van der Waals surface area contributed by atoms with Gasteiger partial charge in [0, 0.05) is 49.2 Å². The number of Topliss-reactive ketones (excluding diaryl/α,β-unsaturated/α-hetero) is 3. The number of rotatable bonds is 33.